The van der Waals surface area contributed by atoms with Crippen molar-refractivity contribution in [1.82, 2.24) is 13.8 Å². The topological polar surface area (TPSA) is 62.6 Å². The van der Waals surface area contributed by atoms with Crippen LogP contribution in [0.4, 0.5) is 4.39 Å². The van der Waals surface area contributed by atoms with Gasteiger partial charge in [0.2, 0.25) is 10.0 Å². The maximum Gasteiger partial charge on any atom is 0.256 e. The standard InChI is InChI=1S/C24H28FN3O3S/c1-18(2)16-27-17-22(21-6-3-4-7-23(21)27)24(29)26-12-5-13-28(15-14-26)32(30,31)20-10-8-19(25)9-11-20/h3-4,6-11,17-18H,5,12-16H2,1-2H3. The van der Waals surface area contributed by atoms with Crippen molar-refractivity contribution in [2.24, 2.45) is 5.92 Å². The third-order valence-electron chi connectivity index (χ3n) is 5.77. The smallest absolute Gasteiger partial charge is 0.256 e. The number of para-hydroxylation sites is 1. The maximum atomic E-state index is 13.4. The van der Waals surface area contributed by atoms with E-state index in [1.807, 2.05) is 30.5 Å². The van der Waals surface area contributed by atoms with Crippen molar-refractivity contribution in [2.75, 3.05) is 26.2 Å². The lowest BCUT2D eigenvalue weighted by Crippen LogP contribution is -2.37. The molecule has 0 atom stereocenters. The highest BCUT2D eigenvalue weighted by molar-refractivity contribution is 7.89. The normalized spacial score (nSPS) is 15.9. The number of aromatic nitrogens is 1. The summed E-state index contributed by atoms with van der Waals surface area (Å²) in [4.78, 5) is 15.2. The second kappa shape index (κ2) is 9.03. The number of sulfonamides is 1. The van der Waals surface area contributed by atoms with Gasteiger partial charge in [-0.25, -0.2) is 12.8 Å². The fourth-order valence-electron chi connectivity index (χ4n) is 4.22. The molecule has 2 heterocycles. The molecule has 6 nitrogen and oxygen atoms in total. The monoisotopic (exact) mass is 457 g/mol. The van der Waals surface area contributed by atoms with Crippen LogP contribution in [-0.2, 0) is 16.6 Å². The summed E-state index contributed by atoms with van der Waals surface area (Å²) in [7, 11) is -3.74. The average molecular weight is 458 g/mol. The van der Waals surface area contributed by atoms with E-state index in [2.05, 4.69) is 18.4 Å². The number of halogens is 1. The van der Waals surface area contributed by atoms with E-state index in [0.717, 1.165) is 29.6 Å². The molecule has 1 amide bonds. The fraction of sp³-hybridized carbons (Fsp3) is 0.375. The maximum absolute atomic E-state index is 13.4. The van der Waals surface area contributed by atoms with Gasteiger partial charge in [0.15, 0.2) is 0 Å². The third kappa shape index (κ3) is 4.42. The number of benzene rings is 2. The molecule has 1 aliphatic heterocycles. The lowest BCUT2D eigenvalue weighted by Gasteiger charge is -2.22. The summed E-state index contributed by atoms with van der Waals surface area (Å²) in [5.74, 6) is -0.116. The van der Waals surface area contributed by atoms with Crippen LogP contribution in [0.25, 0.3) is 10.9 Å². The number of rotatable bonds is 5. The second-order valence-electron chi connectivity index (χ2n) is 8.61. The molecule has 0 N–H and O–H groups in total. The summed E-state index contributed by atoms with van der Waals surface area (Å²) >= 11 is 0. The van der Waals surface area contributed by atoms with Crippen LogP contribution in [0.3, 0.4) is 0 Å². The molecule has 0 bridgehead atoms. The molecule has 1 aliphatic rings. The zero-order chi connectivity index (χ0) is 22.9. The van der Waals surface area contributed by atoms with Crippen molar-refractivity contribution in [3.05, 3.63) is 66.1 Å². The Morgan fingerprint density at radius 1 is 1.00 bits per heavy atom. The van der Waals surface area contributed by atoms with Gasteiger partial charge in [-0.1, -0.05) is 32.0 Å². The van der Waals surface area contributed by atoms with Gasteiger partial charge in [0, 0.05) is 49.8 Å². The molecule has 0 aliphatic carbocycles. The Kier molecular flexibility index (Phi) is 6.35. The summed E-state index contributed by atoms with van der Waals surface area (Å²) in [5.41, 5.74) is 1.68. The molecule has 0 unspecified atom stereocenters. The number of carbonyl (C=O) groups is 1. The minimum atomic E-state index is -3.74. The Labute approximate surface area is 188 Å². The van der Waals surface area contributed by atoms with E-state index < -0.39 is 15.8 Å². The molecule has 3 aromatic rings. The van der Waals surface area contributed by atoms with Crippen LogP contribution in [0.5, 0.6) is 0 Å². The molecule has 0 spiro atoms. The number of carbonyl (C=O) groups excluding carboxylic acids is 1. The van der Waals surface area contributed by atoms with E-state index in [-0.39, 0.29) is 17.3 Å². The number of amides is 1. The van der Waals surface area contributed by atoms with Gasteiger partial charge in [-0.15, -0.1) is 0 Å². The minimum absolute atomic E-state index is 0.0652. The Bertz CT molecular complexity index is 1220. The number of hydrogen-bond acceptors (Lipinski definition) is 3. The zero-order valence-corrected chi connectivity index (χ0v) is 19.2. The van der Waals surface area contributed by atoms with E-state index in [9.17, 15) is 17.6 Å². The van der Waals surface area contributed by atoms with Crippen LogP contribution in [-0.4, -0.2) is 54.3 Å². The molecule has 1 fully saturated rings. The van der Waals surface area contributed by atoms with Crippen LogP contribution < -0.4 is 0 Å². The Balaban J connectivity index is 1.55. The zero-order valence-electron chi connectivity index (χ0n) is 18.4. The highest BCUT2D eigenvalue weighted by atomic mass is 32.2. The molecule has 170 valence electrons. The van der Waals surface area contributed by atoms with Gasteiger partial charge < -0.3 is 9.47 Å². The molecular formula is C24H28FN3O3S. The first-order valence-corrected chi connectivity index (χ1v) is 12.3. The van der Waals surface area contributed by atoms with E-state index in [1.54, 1.807) is 4.90 Å². The number of fused-ring (bicyclic) bond motifs is 1. The van der Waals surface area contributed by atoms with Crippen molar-refractivity contribution in [3.8, 4) is 0 Å². The fourth-order valence-corrected chi connectivity index (χ4v) is 5.69. The summed E-state index contributed by atoms with van der Waals surface area (Å²) in [6.07, 6.45) is 2.46. The second-order valence-corrected chi connectivity index (χ2v) is 10.5. The highest BCUT2D eigenvalue weighted by Gasteiger charge is 2.29. The van der Waals surface area contributed by atoms with Gasteiger partial charge in [-0.05, 0) is 42.7 Å². The van der Waals surface area contributed by atoms with E-state index in [0.29, 0.717) is 37.5 Å². The van der Waals surface area contributed by atoms with Crippen molar-refractivity contribution < 1.29 is 17.6 Å². The molecule has 0 radical (unpaired) electrons. The third-order valence-corrected chi connectivity index (χ3v) is 7.69. The van der Waals surface area contributed by atoms with Crippen LogP contribution >= 0.6 is 0 Å². The number of nitrogens with zero attached hydrogens (tertiary/aromatic N) is 3. The SMILES string of the molecule is CC(C)Cn1cc(C(=O)N2CCCN(S(=O)(=O)c3ccc(F)cc3)CC2)c2ccccc21. The van der Waals surface area contributed by atoms with Crippen molar-refractivity contribution in [3.63, 3.8) is 0 Å². The molecule has 0 saturated carbocycles. The van der Waals surface area contributed by atoms with E-state index in [4.69, 9.17) is 0 Å². The minimum Gasteiger partial charge on any atom is -0.346 e. The summed E-state index contributed by atoms with van der Waals surface area (Å²) in [6.45, 7) is 6.41. The van der Waals surface area contributed by atoms with Gasteiger partial charge in [-0.2, -0.15) is 4.31 Å². The molecule has 1 saturated heterocycles. The Morgan fingerprint density at radius 2 is 1.72 bits per heavy atom. The van der Waals surface area contributed by atoms with Gasteiger partial charge >= 0.3 is 0 Å². The van der Waals surface area contributed by atoms with Crippen molar-refractivity contribution >= 4 is 26.8 Å². The van der Waals surface area contributed by atoms with Crippen LogP contribution in [0, 0.1) is 11.7 Å². The van der Waals surface area contributed by atoms with Crippen LogP contribution in [0.1, 0.15) is 30.6 Å². The van der Waals surface area contributed by atoms with Gasteiger partial charge in [0.1, 0.15) is 5.82 Å². The van der Waals surface area contributed by atoms with Gasteiger partial charge in [0.05, 0.1) is 10.5 Å². The lowest BCUT2D eigenvalue weighted by atomic mass is 10.1. The molecule has 32 heavy (non-hydrogen) atoms. The highest BCUT2D eigenvalue weighted by Crippen LogP contribution is 2.25. The van der Waals surface area contributed by atoms with E-state index >= 15 is 0 Å². The summed E-state index contributed by atoms with van der Waals surface area (Å²) < 4.78 is 42.7. The number of hydrogen-bond donors (Lipinski definition) is 0. The quantitative estimate of drug-likeness (QED) is 0.582. The Hall–Kier alpha value is -2.71. The molecule has 4 rings (SSSR count). The predicted molar refractivity (Wildman–Crippen MR) is 122 cm³/mol. The van der Waals surface area contributed by atoms with E-state index in [1.165, 1.54) is 16.4 Å². The van der Waals surface area contributed by atoms with Crippen molar-refractivity contribution in [1.29, 1.82) is 0 Å². The Morgan fingerprint density at radius 3 is 2.44 bits per heavy atom. The first-order chi connectivity index (χ1) is 15.3. The van der Waals surface area contributed by atoms with Crippen LogP contribution in [0.2, 0.25) is 0 Å². The van der Waals surface area contributed by atoms with Gasteiger partial charge in [0.25, 0.3) is 5.91 Å². The van der Waals surface area contributed by atoms with Crippen molar-refractivity contribution in [2.45, 2.75) is 31.7 Å². The first kappa shape index (κ1) is 22.5. The predicted octanol–water partition coefficient (Wildman–Crippen LogP) is 3.97. The molecule has 8 heteroatoms. The molecule has 2 aromatic carbocycles. The van der Waals surface area contributed by atoms with Crippen LogP contribution in [0.15, 0.2) is 59.6 Å². The average Bonchev–Trinajstić information content (AvgIpc) is 2.94. The molecular weight excluding hydrogens is 429 g/mol. The summed E-state index contributed by atoms with van der Waals surface area (Å²) in [6, 6.07) is 12.7. The molecule has 1 aromatic heterocycles. The lowest BCUT2D eigenvalue weighted by molar-refractivity contribution is 0.0766. The van der Waals surface area contributed by atoms with Gasteiger partial charge in [-0.3, -0.25) is 4.79 Å². The first-order valence-electron chi connectivity index (χ1n) is 10.9. The largest absolute Gasteiger partial charge is 0.346 e. The summed E-state index contributed by atoms with van der Waals surface area (Å²) in [5, 5.41) is 0.915.